The predicted molar refractivity (Wildman–Crippen MR) is 110 cm³/mol. The summed E-state index contributed by atoms with van der Waals surface area (Å²) in [7, 11) is 0. The van der Waals surface area contributed by atoms with Gasteiger partial charge in [-0.1, -0.05) is 30.4 Å². The second-order valence-electron chi connectivity index (χ2n) is 7.30. The first-order chi connectivity index (χ1) is 13.1. The van der Waals surface area contributed by atoms with Gasteiger partial charge in [0.25, 0.3) is 0 Å². The maximum Gasteiger partial charge on any atom is 0.139 e. The topological polar surface area (TPSA) is 57.7 Å². The van der Waals surface area contributed by atoms with Crippen LogP contribution >= 0.6 is 0 Å². The van der Waals surface area contributed by atoms with Gasteiger partial charge in [0.15, 0.2) is 0 Å². The first-order valence-electron chi connectivity index (χ1n) is 9.44. The lowest BCUT2D eigenvalue weighted by Crippen LogP contribution is -2.34. The molecule has 1 saturated heterocycles. The Kier molecular flexibility index (Phi) is 4.75. The van der Waals surface area contributed by atoms with Crippen molar-refractivity contribution in [3.8, 4) is 11.1 Å². The fraction of sp³-hybridized carbons (Fsp3) is 0.318. The van der Waals surface area contributed by atoms with E-state index in [1.165, 1.54) is 11.4 Å². The Balaban J connectivity index is 1.58. The SMILES string of the molecule is C=C(C)c1cccc(-c2cncnc2N2CCC(c3nc[nH]c3C)CC2)c1. The number of H-pyrrole nitrogens is 1. The van der Waals surface area contributed by atoms with Crippen LogP contribution in [0.4, 0.5) is 5.82 Å². The van der Waals surface area contributed by atoms with Crippen molar-refractivity contribution in [2.75, 3.05) is 18.0 Å². The van der Waals surface area contributed by atoms with Crippen molar-refractivity contribution in [1.29, 1.82) is 0 Å². The molecule has 0 spiro atoms. The summed E-state index contributed by atoms with van der Waals surface area (Å²) in [5.41, 5.74) is 6.83. The second kappa shape index (κ2) is 7.35. The minimum atomic E-state index is 0.518. The van der Waals surface area contributed by atoms with Gasteiger partial charge in [0.2, 0.25) is 0 Å². The van der Waals surface area contributed by atoms with Crippen LogP contribution in [-0.4, -0.2) is 33.0 Å². The minimum Gasteiger partial charge on any atom is -0.356 e. The average molecular weight is 359 g/mol. The normalized spacial score (nSPS) is 15.1. The van der Waals surface area contributed by atoms with E-state index in [-0.39, 0.29) is 0 Å². The van der Waals surface area contributed by atoms with Crippen molar-refractivity contribution < 1.29 is 0 Å². The molecule has 0 saturated carbocycles. The van der Waals surface area contributed by atoms with Crippen molar-refractivity contribution in [2.24, 2.45) is 0 Å². The van der Waals surface area contributed by atoms with E-state index in [1.807, 2.05) is 13.1 Å². The first kappa shape index (κ1) is 17.5. The second-order valence-corrected chi connectivity index (χ2v) is 7.30. The Bertz CT molecular complexity index is 951. The highest BCUT2D eigenvalue weighted by Crippen LogP contribution is 2.34. The van der Waals surface area contributed by atoms with Crippen LogP contribution in [0.1, 0.15) is 42.6 Å². The molecule has 0 unspecified atom stereocenters. The number of imidazole rings is 1. The van der Waals surface area contributed by atoms with E-state index >= 15 is 0 Å². The van der Waals surface area contributed by atoms with Crippen molar-refractivity contribution in [2.45, 2.75) is 32.6 Å². The minimum absolute atomic E-state index is 0.518. The van der Waals surface area contributed by atoms with Gasteiger partial charge < -0.3 is 9.88 Å². The van der Waals surface area contributed by atoms with Gasteiger partial charge in [0.05, 0.1) is 12.0 Å². The molecule has 27 heavy (non-hydrogen) atoms. The van der Waals surface area contributed by atoms with Gasteiger partial charge in [-0.3, -0.25) is 0 Å². The summed E-state index contributed by atoms with van der Waals surface area (Å²) in [6.07, 6.45) is 7.53. The number of allylic oxidation sites excluding steroid dienone is 1. The fourth-order valence-electron chi connectivity index (χ4n) is 3.88. The molecule has 0 atom stereocenters. The maximum absolute atomic E-state index is 4.63. The molecule has 3 heterocycles. The largest absolute Gasteiger partial charge is 0.356 e. The first-order valence-corrected chi connectivity index (χ1v) is 9.44. The molecule has 3 aromatic rings. The van der Waals surface area contributed by atoms with Crippen LogP contribution in [0.5, 0.6) is 0 Å². The van der Waals surface area contributed by atoms with Crippen molar-refractivity contribution in [1.82, 2.24) is 19.9 Å². The van der Waals surface area contributed by atoms with E-state index in [0.29, 0.717) is 5.92 Å². The van der Waals surface area contributed by atoms with Gasteiger partial charge in [-0.15, -0.1) is 0 Å². The summed E-state index contributed by atoms with van der Waals surface area (Å²) in [6, 6.07) is 8.45. The third-order valence-electron chi connectivity index (χ3n) is 5.41. The Hall–Kier alpha value is -2.95. The molecule has 5 heteroatoms. The summed E-state index contributed by atoms with van der Waals surface area (Å²) < 4.78 is 0. The number of aromatic nitrogens is 4. The van der Waals surface area contributed by atoms with E-state index in [1.54, 1.807) is 12.7 Å². The molecule has 0 amide bonds. The lowest BCUT2D eigenvalue weighted by Gasteiger charge is -2.33. The number of piperidine rings is 1. The van der Waals surface area contributed by atoms with Crippen LogP contribution in [0.3, 0.4) is 0 Å². The molecule has 1 aliphatic heterocycles. The number of benzene rings is 1. The smallest absolute Gasteiger partial charge is 0.139 e. The molecule has 1 aromatic carbocycles. The lowest BCUT2D eigenvalue weighted by molar-refractivity contribution is 0.493. The standard InChI is InChI=1S/C22H25N5/c1-15(2)18-5-4-6-19(11-18)20-12-23-13-26-22(20)27-9-7-17(8-10-27)21-16(3)24-14-25-21/h4-6,11-14,17H,1,7-10H2,2-3H3,(H,24,25). The van der Waals surface area contributed by atoms with E-state index in [9.17, 15) is 0 Å². The number of hydrogen-bond donors (Lipinski definition) is 1. The Labute approximate surface area is 160 Å². The molecule has 0 radical (unpaired) electrons. The number of hydrogen-bond acceptors (Lipinski definition) is 4. The summed E-state index contributed by atoms with van der Waals surface area (Å²) in [4.78, 5) is 19.0. The molecule has 0 bridgehead atoms. The van der Waals surface area contributed by atoms with Gasteiger partial charge in [0, 0.05) is 36.5 Å². The van der Waals surface area contributed by atoms with Gasteiger partial charge in [-0.25, -0.2) is 15.0 Å². The molecular formula is C22H25N5. The molecule has 5 nitrogen and oxygen atoms in total. The Morgan fingerprint density at radius 1 is 1.22 bits per heavy atom. The van der Waals surface area contributed by atoms with Gasteiger partial charge in [-0.05, 0) is 43.9 Å². The third-order valence-corrected chi connectivity index (χ3v) is 5.41. The quantitative estimate of drug-likeness (QED) is 0.740. The molecule has 138 valence electrons. The summed E-state index contributed by atoms with van der Waals surface area (Å²) in [6.45, 7) is 10.1. The van der Waals surface area contributed by atoms with Crippen molar-refractivity contribution in [3.05, 3.63) is 66.6 Å². The van der Waals surface area contributed by atoms with E-state index in [0.717, 1.165) is 54.0 Å². The highest BCUT2D eigenvalue weighted by Gasteiger charge is 2.25. The van der Waals surface area contributed by atoms with Crippen LogP contribution in [-0.2, 0) is 0 Å². The third kappa shape index (κ3) is 3.50. The van der Waals surface area contributed by atoms with Crippen LogP contribution in [0.15, 0.2) is 49.7 Å². The molecule has 1 aliphatic rings. The lowest BCUT2D eigenvalue weighted by atomic mass is 9.92. The van der Waals surface area contributed by atoms with E-state index in [4.69, 9.17) is 0 Å². The van der Waals surface area contributed by atoms with Crippen LogP contribution in [0, 0.1) is 6.92 Å². The number of nitrogens with zero attached hydrogens (tertiary/aromatic N) is 4. The molecule has 0 aliphatic carbocycles. The number of aryl methyl sites for hydroxylation is 1. The van der Waals surface area contributed by atoms with Gasteiger partial charge >= 0.3 is 0 Å². The molecule has 1 N–H and O–H groups in total. The highest BCUT2D eigenvalue weighted by atomic mass is 15.2. The number of aromatic amines is 1. The van der Waals surface area contributed by atoms with E-state index in [2.05, 4.69) is 62.6 Å². The van der Waals surface area contributed by atoms with Gasteiger partial charge in [0.1, 0.15) is 12.1 Å². The molecule has 2 aromatic heterocycles. The summed E-state index contributed by atoms with van der Waals surface area (Å²) in [5.74, 6) is 1.53. The van der Waals surface area contributed by atoms with Gasteiger partial charge in [-0.2, -0.15) is 0 Å². The average Bonchev–Trinajstić information content (AvgIpc) is 3.14. The Morgan fingerprint density at radius 3 is 2.74 bits per heavy atom. The Morgan fingerprint density at radius 2 is 2.04 bits per heavy atom. The zero-order valence-corrected chi connectivity index (χ0v) is 15.9. The van der Waals surface area contributed by atoms with Crippen LogP contribution in [0.2, 0.25) is 0 Å². The molecular weight excluding hydrogens is 334 g/mol. The monoisotopic (exact) mass is 359 g/mol. The number of anilines is 1. The van der Waals surface area contributed by atoms with Crippen molar-refractivity contribution >= 4 is 11.4 Å². The highest BCUT2D eigenvalue weighted by molar-refractivity contribution is 5.78. The summed E-state index contributed by atoms with van der Waals surface area (Å²) >= 11 is 0. The van der Waals surface area contributed by atoms with Crippen molar-refractivity contribution in [3.63, 3.8) is 0 Å². The number of rotatable bonds is 4. The summed E-state index contributed by atoms with van der Waals surface area (Å²) in [5, 5.41) is 0. The van der Waals surface area contributed by atoms with Crippen LogP contribution in [0.25, 0.3) is 16.7 Å². The fourth-order valence-corrected chi connectivity index (χ4v) is 3.88. The zero-order chi connectivity index (χ0) is 18.8. The number of nitrogens with one attached hydrogen (secondary N) is 1. The van der Waals surface area contributed by atoms with E-state index < -0.39 is 0 Å². The molecule has 4 rings (SSSR count). The predicted octanol–water partition coefficient (Wildman–Crippen LogP) is 4.59. The van der Waals surface area contributed by atoms with Crippen LogP contribution < -0.4 is 4.90 Å². The maximum atomic E-state index is 4.63. The zero-order valence-electron chi connectivity index (χ0n) is 15.9. The molecule has 1 fully saturated rings.